The van der Waals surface area contributed by atoms with E-state index in [0.29, 0.717) is 0 Å². The van der Waals surface area contributed by atoms with Gasteiger partial charge in [0.2, 0.25) is 0 Å². The Hall–Kier alpha value is -5.64. The van der Waals surface area contributed by atoms with E-state index >= 15 is 0 Å². The molecule has 0 saturated carbocycles. The summed E-state index contributed by atoms with van der Waals surface area (Å²) in [5.41, 5.74) is 9.91. The second-order valence-electron chi connectivity index (χ2n) is 11.3. The largest absolute Gasteiger partial charge is 0.456 e. The first kappa shape index (κ1) is 25.8. The van der Waals surface area contributed by atoms with Crippen molar-refractivity contribution in [1.29, 1.82) is 0 Å². The number of hydrogen-bond acceptors (Lipinski definition) is 3. The first-order chi connectivity index (χ1) is 22.3. The average molecular weight is 594 g/mol. The van der Waals surface area contributed by atoms with Crippen LogP contribution in [0.1, 0.15) is 0 Å². The van der Waals surface area contributed by atoms with Crippen molar-refractivity contribution in [2.45, 2.75) is 0 Å². The number of nitrogens with zero attached hydrogens (tertiary/aromatic N) is 1. The smallest absolute Gasteiger partial charge is 0.135 e. The first-order valence-corrected chi connectivity index (χ1v) is 16.0. The van der Waals surface area contributed by atoms with Gasteiger partial charge in [-0.25, -0.2) is 0 Å². The minimum absolute atomic E-state index is 0.890. The molecule has 9 rings (SSSR count). The Labute approximate surface area is 265 Å². The number of furan rings is 1. The molecule has 0 aliphatic heterocycles. The average Bonchev–Trinajstić information content (AvgIpc) is 3.68. The molecule has 0 N–H and O–H groups in total. The van der Waals surface area contributed by atoms with E-state index in [1.165, 1.54) is 48.1 Å². The normalized spacial score (nSPS) is 11.6. The number of hydrogen-bond donors (Lipinski definition) is 0. The van der Waals surface area contributed by atoms with E-state index in [1.807, 2.05) is 23.5 Å². The zero-order valence-corrected chi connectivity index (χ0v) is 25.2. The summed E-state index contributed by atoms with van der Waals surface area (Å²) in [4.78, 5) is 2.45. The Morgan fingerprint density at radius 1 is 0.422 bits per heavy atom. The summed E-state index contributed by atoms with van der Waals surface area (Å²) in [6.07, 6.45) is 0. The lowest BCUT2D eigenvalue weighted by atomic mass is 9.98. The maximum atomic E-state index is 6.26. The molecule has 2 nitrogen and oxygen atoms in total. The maximum Gasteiger partial charge on any atom is 0.135 e. The Bertz CT molecular complexity index is 2490. The third kappa shape index (κ3) is 4.32. The van der Waals surface area contributed by atoms with Crippen molar-refractivity contribution < 1.29 is 4.42 Å². The van der Waals surface area contributed by atoms with Crippen LogP contribution in [0.15, 0.2) is 168 Å². The number of para-hydroxylation sites is 1. The number of benzene rings is 7. The summed E-state index contributed by atoms with van der Waals surface area (Å²) in [5, 5.41) is 4.78. The van der Waals surface area contributed by atoms with E-state index in [9.17, 15) is 0 Å². The lowest BCUT2D eigenvalue weighted by molar-refractivity contribution is 0.669. The number of rotatable bonds is 5. The van der Waals surface area contributed by atoms with E-state index in [2.05, 4.69) is 157 Å². The van der Waals surface area contributed by atoms with E-state index in [1.54, 1.807) is 0 Å². The highest BCUT2D eigenvalue weighted by atomic mass is 32.1. The van der Waals surface area contributed by atoms with E-state index < -0.39 is 0 Å². The molecule has 0 amide bonds. The zero-order chi connectivity index (χ0) is 29.7. The van der Waals surface area contributed by atoms with Crippen molar-refractivity contribution in [2.24, 2.45) is 0 Å². The summed E-state index contributed by atoms with van der Waals surface area (Å²) in [6.45, 7) is 0. The molecular weight excluding hydrogens is 567 g/mol. The summed E-state index contributed by atoms with van der Waals surface area (Å²) >= 11 is 1.86. The molecule has 0 aliphatic rings. The van der Waals surface area contributed by atoms with E-state index in [4.69, 9.17) is 4.42 Å². The molecule has 0 aliphatic carbocycles. The molecule has 0 bridgehead atoms. The highest BCUT2D eigenvalue weighted by Gasteiger charge is 2.23. The minimum atomic E-state index is 0.890. The Kier molecular flexibility index (Phi) is 6.03. The topological polar surface area (TPSA) is 16.4 Å². The van der Waals surface area contributed by atoms with Crippen molar-refractivity contribution in [1.82, 2.24) is 0 Å². The van der Waals surface area contributed by atoms with Gasteiger partial charge in [-0.1, -0.05) is 121 Å². The fraction of sp³-hybridized carbons (Fsp3) is 0. The van der Waals surface area contributed by atoms with Crippen molar-refractivity contribution in [3.8, 4) is 22.3 Å². The van der Waals surface area contributed by atoms with Gasteiger partial charge in [0.15, 0.2) is 0 Å². The number of anilines is 3. The summed E-state index contributed by atoms with van der Waals surface area (Å²) in [5.74, 6) is 0. The van der Waals surface area contributed by atoms with Crippen LogP contribution in [0.25, 0.3) is 64.4 Å². The van der Waals surface area contributed by atoms with Crippen LogP contribution in [0.2, 0.25) is 0 Å². The number of thiophene rings is 1. The highest BCUT2D eigenvalue weighted by Crippen LogP contribution is 2.50. The third-order valence-electron chi connectivity index (χ3n) is 8.66. The van der Waals surface area contributed by atoms with Crippen LogP contribution >= 0.6 is 11.3 Å². The van der Waals surface area contributed by atoms with Crippen LogP contribution in [0, 0.1) is 0 Å². The molecule has 0 spiro atoms. The zero-order valence-electron chi connectivity index (χ0n) is 24.4. The SMILES string of the molecule is c1ccc(-c2cccc(N(c3ccc4oc5ccccc5c4c3)c3c(-c4ccccc4)ccc4c3sc3ccccc34)c2)cc1. The molecule has 0 atom stereocenters. The molecule has 2 heterocycles. The minimum Gasteiger partial charge on any atom is -0.456 e. The van der Waals surface area contributed by atoms with Gasteiger partial charge in [0.05, 0.1) is 10.4 Å². The predicted octanol–water partition coefficient (Wildman–Crippen LogP) is 12.8. The van der Waals surface area contributed by atoms with Gasteiger partial charge in [0, 0.05) is 43.2 Å². The van der Waals surface area contributed by atoms with E-state index in [0.717, 1.165) is 33.3 Å². The molecule has 3 heteroatoms. The molecule has 9 aromatic rings. The molecular formula is C42H27NOS. The van der Waals surface area contributed by atoms with Crippen LogP contribution in [0.3, 0.4) is 0 Å². The molecule has 45 heavy (non-hydrogen) atoms. The Morgan fingerprint density at radius 3 is 1.93 bits per heavy atom. The third-order valence-corrected chi connectivity index (χ3v) is 9.85. The monoisotopic (exact) mass is 593 g/mol. The van der Waals surface area contributed by atoms with Crippen LogP contribution in [-0.4, -0.2) is 0 Å². The molecule has 212 valence electrons. The quantitative estimate of drug-likeness (QED) is 0.197. The van der Waals surface area contributed by atoms with Crippen molar-refractivity contribution >= 4 is 70.5 Å². The van der Waals surface area contributed by atoms with Crippen LogP contribution in [-0.2, 0) is 0 Å². The van der Waals surface area contributed by atoms with Crippen LogP contribution in [0.5, 0.6) is 0 Å². The fourth-order valence-electron chi connectivity index (χ4n) is 6.56. The van der Waals surface area contributed by atoms with E-state index in [-0.39, 0.29) is 0 Å². The number of fused-ring (bicyclic) bond motifs is 6. The van der Waals surface area contributed by atoms with Gasteiger partial charge >= 0.3 is 0 Å². The van der Waals surface area contributed by atoms with Crippen LogP contribution < -0.4 is 4.90 Å². The van der Waals surface area contributed by atoms with Gasteiger partial charge in [-0.2, -0.15) is 0 Å². The van der Waals surface area contributed by atoms with Gasteiger partial charge < -0.3 is 9.32 Å². The molecule has 0 unspecified atom stereocenters. The lowest BCUT2D eigenvalue weighted by Gasteiger charge is -2.29. The second kappa shape index (κ2) is 10.5. The summed E-state index contributed by atoms with van der Waals surface area (Å²) < 4.78 is 8.81. The lowest BCUT2D eigenvalue weighted by Crippen LogP contribution is -2.11. The van der Waals surface area contributed by atoms with Crippen molar-refractivity contribution in [2.75, 3.05) is 4.90 Å². The van der Waals surface area contributed by atoms with Gasteiger partial charge in [-0.05, 0) is 59.2 Å². The van der Waals surface area contributed by atoms with Gasteiger partial charge in [0.25, 0.3) is 0 Å². The summed E-state index contributed by atoms with van der Waals surface area (Å²) in [6, 6.07) is 58.5. The van der Waals surface area contributed by atoms with Crippen molar-refractivity contribution in [3.05, 3.63) is 164 Å². The Morgan fingerprint density at radius 2 is 1.09 bits per heavy atom. The summed E-state index contributed by atoms with van der Waals surface area (Å²) in [7, 11) is 0. The molecule has 0 saturated heterocycles. The molecule has 7 aromatic carbocycles. The molecule has 0 fully saturated rings. The fourth-order valence-corrected chi connectivity index (χ4v) is 7.80. The molecule has 0 radical (unpaired) electrons. The standard InChI is InChI=1S/C42H27NOS/c1-3-12-28(13-4-1)30-16-11-17-31(26-30)43(32-22-25-39-37(27-32)34-18-7-9-20-38(34)44-39)41-33(29-14-5-2-6-15-29)23-24-36-35-19-8-10-21-40(35)45-42(36)41/h1-27H. The van der Waals surface area contributed by atoms with Gasteiger partial charge in [-0.3, -0.25) is 0 Å². The highest BCUT2D eigenvalue weighted by molar-refractivity contribution is 7.26. The predicted molar refractivity (Wildman–Crippen MR) is 192 cm³/mol. The van der Waals surface area contributed by atoms with Crippen LogP contribution in [0.4, 0.5) is 17.1 Å². The molecule has 2 aromatic heterocycles. The Balaban J connectivity index is 1.39. The second-order valence-corrected chi connectivity index (χ2v) is 12.4. The van der Waals surface area contributed by atoms with Gasteiger partial charge in [0.1, 0.15) is 11.2 Å². The van der Waals surface area contributed by atoms with Crippen molar-refractivity contribution in [3.63, 3.8) is 0 Å². The van der Waals surface area contributed by atoms with Gasteiger partial charge in [-0.15, -0.1) is 11.3 Å². The maximum absolute atomic E-state index is 6.26. The first-order valence-electron chi connectivity index (χ1n) is 15.2.